The van der Waals surface area contributed by atoms with E-state index in [4.69, 9.17) is 16.2 Å². The highest BCUT2D eigenvalue weighted by Crippen LogP contribution is 2.29. The summed E-state index contributed by atoms with van der Waals surface area (Å²) in [5.74, 6) is 0.668. The summed E-state index contributed by atoms with van der Waals surface area (Å²) >= 11 is 0. The van der Waals surface area contributed by atoms with E-state index in [1.54, 1.807) is 13.3 Å². The molecule has 1 saturated heterocycles. The van der Waals surface area contributed by atoms with E-state index >= 15 is 0 Å². The van der Waals surface area contributed by atoms with Crippen LogP contribution in [0.4, 0.5) is 11.5 Å². The zero-order valence-corrected chi connectivity index (χ0v) is 17.6. The number of nitrogens with zero attached hydrogens (tertiary/aromatic N) is 3. The van der Waals surface area contributed by atoms with Crippen LogP contribution in [0.25, 0.3) is 11.3 Å². The molecule has 3 aromatic rings. The number of Topliss-reactive ketones (excluding diaryl/α,β-unsaturated/α-hetero) is 1. The molecule has 2 aromatic carbocycles. The lowest BCUT2D eigenvalue weighted by molar-refractivity contribution is 0.0989. The van der Waals surface area contributed by atoms with E-state index in [-0.39, 0.29) is 29.8 Å². The Morgan fingerprint density at radius 2 is 1.90 bits per heavy atom. The predicted molar refractivity (Wildman–Crippen MR) is 122 cm³/mol. The summed E-state index contributed by atoms with van der Waals surface area (Å²) in [5.41, 5.74) is 15.7. The molecule has 0 atom stereocenters. The number of hydrogen-bond donors (Lipinski definition) is 2. The molecule has 0 saturated carbocycles. The van der Waals surface area contributed by atoms with Crippen LogP contribution >= 0.6 is 0 Å². The molecule has 0 bridgehead atoms. The van der Waals surface area contributed by atoms with Gasteiger partial charge in [0.05, 0.1) is 19.0 Å². The maximum atomic E-state index is 13.2. The van der Waals surface area contributed by atoms with Crippen molar-refractivity contribution < 1.29 is 9.53 Å². The van der Waals surface area contributed by atoms with Crippen molar-refractivity contribution in [2.45, 2.75) is 25.3 Å². The molecule has 0 aliphatic carbocycles. The van der Waals surface area contributed by atoms with Crippen LogP contribution in [0.15, 0.2) is 54.7 Å². The van der Waals surface area contributed by atoms with Crippen molar-refractivity contribution in [2.24, 2.45) is 5.73 Å². The van der Waals surface area contributed by atoms with Crippen molar-refractivity contribution >= 4 is 17.3 Å². The first-order valence-corrected chi connectivity index (χ1v) is 10.4. The summed E-state index contributed by atoms with van der Waals surface area (Å²) in [6.45, 7) is 1.72. The van der Waals surface area contributed by atoms with Crippen LogP contribution in [0, 0.1) is 0 Å². The minimum Gasteiger partial charge on any atom is -0.497 e. The van der Waals surface area contributed by atoms with E-state index in [0.29, 0.717) is 11.4 Å². The summed E-state index contributed by atoms with van der Waals surface area (Å²) in [4.78, 5) is 24.3. The minimum absolute atomic E-state index is 0.137. The van der Waals surface area contributed by atoms with Gasteiger partial charge >= 0.3 is 0 Å². The SMILES string of the molecule is COc1ccc(N2CCC(N)CC2)c(CC(=O)c2nc(-c3ccccc3)cnc2N)c1. The molecule has 0 unspecified atom stereocenters. The molecule has 7 heteroatoms. The number of nitrogen functional groups attached to an aromatic ring is 1. The fourth-order valence-corrected chi connectivity index (χ4v) is 3.89. The Bertz CT molecular complexity index is 1060. The molecule has 31 heavy (non-hydrogen) atoms. The van der Waals surface area contributed by atoms with Crippen LogP contribution in [-0.2, 0) is 6.42 Å². The number of benzene rings is 2. The van der Waals surface area contributed by atoms with E-state index in [1.165, 1.54) is 0 Å². The van der Waals surface area contributed by atoms with E-state index in [0.717, 1.165) is 42.7 Å². The number of piperidine rings is 1. The van der Waals surface area contributed by atoms with Gasteiger partial charge < -0.3 is 21.1 Å². The number of methoxy groups -OCH3 is 1. The Kier molecular flexibility index (Phi) is 6.13. The van der Waals surface area contributed by atoms with Gasteiger partial charge in [0, 0.05) is 36.8 Å². The Morgan fingerprint density at radius 3 is 2.61 bits per heavy atom. The highest BCUT2D eigenvalue weighted by atomic mass is 16.5. The third-order valence-electron chi connectivity index (χ3n) is 5.65. The van der Waals surface area contributed by atoms with Crippen molar-refractivity contribution in [2.75, 3.05) is 30.8 Å². The number of rotatable bonds is 6. The van der Waals surface area contributed by atoms with Gasteiger partial charge in [0.2, 0.25) is 0 Å². The van der Waals surface area contributed by atoms with E-state index in [1.807, 2.05) is 48.5 Å². The molecule has 4 rings (SSSR count). The Labute approximate surface area is 182 Å². The summed E-state index contributed by atoms with van der Waals surface area (Å²) in [5, 5.41) is 0. The quantitative estimate of drug-likeness (QED) is 0.594. The largest absolute Gasteiger partial charge is 0.497 e. The van der Waals surface area contributed by atoms with E-state index in [9.17, 15) is 4.79 Å². The van der Waals surface area contributed by atoms with E-state index < -0.39 is 0 Å². The molecular formula is C24H27N5O2. The molecule has 0 radical (unpaired) electrons. The van der Waals surface area contributed by atoms with Crippen LogP contribution in [0.1, 0.15) is 28.9 Å². The van der Waals surface area contributed by atoms with Crippen molar-refractivity contribution in [3.05, 3.63) is 66.0 Å². The molecule has 160 valence electrons. The van der Waals surface area contributed by atoms with Gasteiger partial charge in [-0.3, -0.25) is 4.79 Å². The van der Waals surface area contributed by atoms with Gasteiger partial charge in [-0.25, -0.2) is 9.97 Å². The molecule has 1 aliphatic heterocycles. The number of nitrogens with two attached hydrogens (primary N) is 2. The number of ketones is 1. The summed E-state index contributed by atoms with van der Waals surface area (Å²) in [6, 6.07) is 15.7. The van der Waals surface area contributed by atoms with Crippen molar-refractivity contribution in [1.29, 1.82) is 0 Å². The van der Waals surface area contributed by atoms with Gasteiger partial charge in [0.15, 0.2) is 11.6 Å². The first kappa shape index (κ1) is 20.8. The normalized spacial score (nSPS) is 14.5. The van der Waals surface area contributed by atoms with Crippen LogP contribution < -0.4 is 21.1 Å². The zero-order chi connectivity index (χ0) is 21.8. The summed E-state index contributed by atoms with van der Waals surface area (Å²) in [6.07, 6.45) is 3.61. The highest BCUT2D eigenvalue weighted by molar-refractivity contribution is 6.00. The second kappa shape index (κ2) is 9.14. The average molecular weight is 418 g/mol. The lowest BCUT2D eigenvalue weighted by Crippen LogP contribution is -2.40. The number of anilines is 2. The second-order valence-corrected chi connectivity index (χ2v) is 7.77. The maximum absolute atomic E-state index is 13.2. The molecule has 0 spiro atoms. The van der Waals surface area contributed by atoms with Crippen LogP contribution in [-0.4, -0.2) is 42.0 Å². The third kappa shape index (κ3) is 4.67. The monoisotopic (exact) mass is 417 g/mol. The zero-order valence-electron chi connectivity index (χ0n) is 17.6. The lowest BCUT2D eigenvalue weighted by atomic mass is 10.00. The molecule has 1 fully saturated rings. The topological polar surface area (TPSA) is 107 Å². The van der Waals surface area contributed by atoms with E-state index in [2.05, 4.69) is 14.9 Å². The van der Waals surface area contributed by atoms with Crippen LogP contribution in [0.5, 0.6) is 5.75 Å². The number of aromatic nitrogens is 2. The number of carbonyl (C=O) groups excluding carboxylic acids is 1. The maximum Gasteiger partial charge on any atom is 0.189 e. The molecule has 1 aliphatic rings. The Balaban J connectivity index is 1.64. The third-order valence-corrected chi connectivity index (χ3v) is 5.65. The molecule has 0 amide bonds. The first-order chi connectivity index (χ1) is 15.0. The smallest absolute Gasteiger partial charge is 0.189 e. The van der Waals surface area contributed by atoms with Crippen LogP contribution in [0.3, 0.4) is 0 Å². The number of ether oxygens (including phenoxy) is 1. The summed E-state index contributed by atoms with van der Waals surface area (Å²) < 4.78 is 5.40. The standard InChI is InChI=1S/C24H27N5O2/c1-31-19-7-8-21(29-11-9-18(25)10-12-29)17(13-19)14-22(30)23-24(26)27-15-20(28-23)16-5-3-2-4-6-16/h2-8,13,15,18H,9-12,14,25H2,1H3,(H2,26,27). The Hall–Kier alpha value is -3.45. The van der Waals surface area contributed by atoms with Gasteiger partial charge in [0.25, 0.3) is 0 Å². The van der Waals surface area contributed by atoms with Gasteiger partial charge in [-0.1, -0.05) is 30.3 Å². The van der Waals surface area contributed by atoms with Crippen molar-refractivity contribution in [3.8, 4) is 17.0 Å². The average Bonchev–Trinajstić information content (AvgIpc) is 2.80. The van der Waals surface area contributed by atoms with Crippen LogP contribution in [0.2, 0.25) is 0 Å². The second-order valence-electron chi connectivity index (χ2n) is 7.77. The first-order valence-electron chi connectivity index (χ1n) is 10.4. The van der Waals surface area contributed by atoms with Crippen molar-refractivity contribution in [1.82, 2.24) is 9.97 Å². The van der Waals surface area contributed by atoms with Crippen molar-refractivity contribution in [3.63, 3.8) is 0 Å². The summed E-state index contributed by atoms with van der Waals surface area (Å²) in [7, 11) is 1.62. The molecular weight excluding hydrogens is 390 g/mol. The number of hydrogen-bond acceptors (Lipinski definition) is 7. The molecule has 7 nitrogen and oxygen atoms in total. The fraction of sp³-hybridized carbons (Fsp3) is 0.292. The molecule has 4 N–H and O–H groups in total. The predicted octanol–water partition coefficient (Wildman–Crippen LogP) is 3.09. The fourth-order valence-electron chi connectivity index (χ4n) is 3.89. The highest BCUT2D eigenvalue weighted by Gasteiger charge is 2.22. The van der Waals surface area contributed by atoms with Gasteiger partial charge in [0.1, 0.15) is 11.4 Å². The van der Waals surface area contributed by atoms with Gasteiger partial charge in [-0.15, -0.1) is 0 Å². The number of carbonyl (C=O) groups is 1. The van der Waals surface area contributed by atoms with Gasteiger partial charge in [-0.2, -0.15) is 0 Å². The molecule has 1 aromatic heterocycles. The molecule has 2 heterocycles. The van der Waals surface area contributed by atoms with Gasteiger partial charge in [-0.05, 0) is 36.6 Å². The lowest BCUT2D eigenvalue weighted by Gasteiger charge is -2.33. The Morgan fingerprint density at radius 1 is 1.16 bits per heavy atom. The minimum atomic E-state index is -0.175.